The average Bonchev–Trinajstić information content (AvgIpc) is 2.99. The van der Waals surface area contributed by atoms with E-state index in [1.165, 1.54) is 29.5 Å². The van der Waals surface area contributed by atoms with E-state index in [1.807, 2.05) is 0 Å². The van der Waals surface area contributed by atoms with Crippen LogP contribution in [0.2, 0.25) is 0 Å². The Hall–Kier alpha value is -2.35. The molecule has 22 heavy (non-hydrogen) atoms. The summed E-state index contributed by atoms with van der Waals surface area (Å²) >= 11 is 1.22. The van der Waals surface area contributed by atoms with Gasteiger partial charge in [0.1, 0.15) is 6.54 Å². The highest BCUT2D eigenvalue weighted by atomic mass is 32.1. The lowest BCUT2D eigenvalue weighted by atomic mass is 10.1. The van der Waals surface area contributed by atoms with Gasteiger partial charge in [0.15, 0.2) is 0 Å². The first kappa shape index (κ1) is 16.0. The molecule has 116 valence electrons. The van der Waals surface area contributed by atoms with Gasteiger partial charge in [-0.1, -0.05) is 18.2 Å². The number of para-hydroxylation sites is 1. The predicted octanol–water partition coefficient (Wildman–Crippen LogP) is 3.29. The zero-order valence-electron chi connectivity index (χ0n) is 11.1. The molecule has 0 fully saturated rings. The van der Waals surface area contributed by atoms with Gasteiger partial charge in [0.2, 0.25) is 0 Å². The van der Waals surface area contributed by atoms with Crippen molar-refractivity contribution in [1.82, 2.24) is 5.32 Å². The number of amides is 2. The lowest BCUT2D eigenvalue weighted by molar-refractivity contribution is -0.123. The number of carbonyl (C=O) groups excluding carboxylic acids is 2. The first-order valence-corrected chi connectivity index (χ1v) is 7.03. The minimum Gasteiger partial charge on any atom is -0.343 e. The summed E-state index contributed by atoms with van der Waals surface area (Å²) < 4.78 is 36.4. The predicted molar refractivity (Wildman–Crippen MR) is 77.1 cm³/mol. The number of hydrogen-bond acceptors (Lipinski definition) is 3. The number of nitrogens with one attached hydrogen (secondary N) is 2. The molecule has 1 aromatic carbocycles. The second-order valence-electron chi connectivity index (χ2n) is 4.27. The summed E-state index contributed by atoms with van der Waals surface area (Å²) in [6.07, 6.45) is -4.50. The summed E-state index contributed by atoms with van der Waals surface area (Å²) in [5.74, 6) is -1.33. The van der Waals surface area contributed by atoms with Crippen LogP contribution in [0.25, 0.3) is 0 Å². The van der Waals surface area contributed by atoms with Crippen molar-refractivity contribution in [3.63, 3.8) is 0 Å². The fourth-order valence-corrected chi connectivity index (χ4v) is 2.28. The third-order valence-electron chi connectivity index (χ3n) is 2.61. The minimum absolute atomic E-state index is 0.0309. The van der Waals surface area contributed by atoms with Gasteiger partial charge in [-0.05, 0) is 23.6 Å². The van der Waals surface area contributed by atoms with E-state index in [4.69, 9.17) is 0 Å². The van der Waals surface area contributed by atoms with Crippen LogP contribution in [0, 0.1) is 0 Å². The first-order chi connectivity index (χ1) is 10.4. The zero-order valence-corrected chi connectivity index (χ0v) is 11.9. The van der Waals surface area contributed by atoms with Gasteiger partial charge in [0.25, 0.3) is 11.8 Å². The summed E-state index contributed by atoms with van der Waals surface area (Å²) in [6, 6.07) is 9.17. The Labute approximate surface area is 128 Å². The fourth-order valence-electron chi connectivity index (χ4n) is 1.66. The van der Waals surface area contributed by atoms with Crippen LogP contribution >= 0.6 is 11.3 Å². The van der Waals surface area contributed by atoms with Crippen LogP contribution in [-0.2, 0) is 0 Å². The molecule has 4 nitrogen and oxygen atoms in total. The molecule has 0 aliphatic rings. The van der Waals surface area contributed by atoms with Crippen LogP contribution in [0.15, 0.2) is 41.8 Å². The summed E-state index contributed by atoms with van der Waals surface area (Å²) in [6.45, 7) is -1.43. The molecule has 2 rings (SSSR count). The van der Waals surface area contributed by atoms with Crippen LogP contribution in [0.4, 0.5) is 18.9 Å². The number of thiophene rings is 1. The van der Waals surface area contributed by atoms with E-state index < -0.39 is 24.5 Å². The van der Waals surface area contributed by atoms with E-state index in [9.17, 15) is 22.8 Å². The van der Waals surface area contributed by atoms with Crippen LogP contribution in [0.3, 0.4) is 0 Å². The monoisotopic (exact) mass is 328 g/mol. The van der Waals surface area contributed by atoms with Crippen molar-refractivity contribution in [2.75, 3.05) is 11.9 Å². The van der Waals surface area contributed by atoms with Crippen LogP contribution in [0.5, 0.6) is 0 Å². The highest BCUT2D eigenvalue weighted by Crippen LogP contribution is 2.19. The Morgan fingerprint density at radius 2 is 1.77 bits per heavy atom. The van der Waals surface area contributed by atoms with Gasteiger partial charge < -0.3 is 10.6 Å². The molecule has 0 aliphatic carbocycles. The molecule has 0 saturated heterocycles. The molecule has 0 unspecified atom stereocenters. The second kappa shape index (κ2) is 6.61. The first-order valence-electron chi connectivity index (χ1n) is 6.15. The Balaban J connectivity index is 2.13. The number of alkyl halides is 3. The molecular formula is C14H11F3N2O2S. The number of rotatable bonds is 4. The van der Waals surface area contributed by atoms with Crippen LogP contribution in [-0.4, -0.2) is 24.5 Å². The number of halogens is 3. The van der Waals surface area contributed by atoms with E-state index in [0.29, 0.717) is 4.88 Å². The summed E-state index contributed by atoms with van der Waals surface area (Å²) in [7, 11) is 0. The topological polar surface area (TPSA) is 58.2 Å². The van der Waals surface area contributed by atoms with Gasteiger partial charge in [-0.25, -0.2) is 0 Å². The quantitative estimate of drug-likeness (QED) is 0.905. The standard InChI is InChI=1S/C14H11F3N2O2S/c15-14(16,17)8-18-12(20)9-4-1-2-5-10(9)19-13(21)11-6-3-7-22-11/h1-7H,8H2,(H,18,20)(H,19,21). The second-order valence-corrected chi connectivity index (χ2v) is 5.22. The largest absolute Gasteiger partial charge is 0.405 e. The average molecular weight is 328 g/mol. The Morgan fingerprint density at radius 1 is 1.05 bits per heavy atom. The maximum absolute atomic E-state index is 12.1. The van der Waals surface area contributed by atoms with Gasteiger partial charge >= 0.3 is 6.18 Å². The molecule has 0 atom stereocenters. The Morgan fingerprint density at radius 3 is 2.41 bits per heavy atom. The number of benzene rings is 1. The number of anilines is 1. The van der Waals surface area contributed by atoms with E-state index in [-0.39, 0.29) is 11.3 Å². The molecule has 0 spiro atoms. The van der Waals surface area contributed by atoms with Crippen molar-refractivity contribution >= 4 is 28.8 Å². The molecule has 2 N–H and O–H groups in total. The van der Waals surface area contributed by atoms with Gasteiger partial charge in [-0.15, -0.1) is 11.3 Å². The van der Waals surface area contributed by atoms with Gasteiger partial charge in [-0.2, -0.15) is 13.2 Å². The Kier molecular flexibility index (Phi) is 4.81. The minimum atomic E-state index is -4.50. The lowest BCUT2D eigenvalue weighted by Crippen LogP contribution is -2.34. The Bertz CT molecular complexity index is 669. The molecule has 1 heterocycles. The molecule has 2 amide bonds. The van der Waals surface area contributed by atoms with Crippen molar-refractivity contribution in [3.05, 3.63) is 52.2 Å². The van der Waals surface area contributed by atoms with E-state index in [2.05, 4.69) is 5.32 Å². The number of hydrogen-bond donors (Lipinski definition) is 2. The maximum atomic E-state index is 12.1. The highest BCUT2D eigenvalue weighted by Gasteiger charge is 2.28. The SMILES string of the molecule is O=C(Nc1ccccc1C(=O)NCC(F)(F)F)c1cccs1. The van der Waals surface area contributed by atoms with Gasteiger partial charge in [0, 0.05) is 0 Å². The lowest BCUT2D eigenvalue weighted by Gasteiger charge is -2.12. The summed E-state index contributed by atoms with van der Waals surface area (Å²) in [5, 5.41) is 6.01. The molecule has 0 bridgehead atoms. The van der Waals surface area contributed by atoms with E-state index in [1.54, 1.807) is 28.9 Å². The molecule has 2 aromatic rings. The van der Waals surface area contributed by atoms with Crippen LogP contribution in [0.1, 0.15) is 20.0 Å². The van der Waals surface area contributed by atoms with Gasteiger partial charge in [0.05, 0.1) is 16.1 Å². The molecule has 0 radical (unpaired) electrons. The molecular weight excluding hydrogens is 317 g/mol. The maximum Gasteiger partial charge on any atom is 0.405 e. The van der Waals surface area contributed by atoms with Crippen LogP contribution < -0.4 is 10.6 Å². The highest BCUT2D eigenvalue weighted by molar-refractivity contribution is 7.12. The molecule has 0 aliphatic heterocycles. The van der Waals surface area contributed by atoms with Crippen molar-refractivity contribution in [2.45, 2.75) is 6.18 Å². The molecule has 8 heteroatoms. The number of carbonyl (C=O) groups is 2. The smallest absolute Gasteiger partial charge is 0.343 e. The van der Waals surface area contributed by atoms with E-state index in [0.717, 1.165) is 0 Å². The van der Waals surface area contributed by atoms with E-state index >= 15 is 0 Å². The fraction of sp³-hybridized carbons (Fsp3) is 0.143. The van der Waals surface area contributed by atoms with Crippen molar-refractivity contribution in [3.8, 4) is 0 Å². The molecule has 0 saturated carbocycles. The van der Waals surface area contributed by atoms with Crippen molar-refractivity contribution in [1.29, 1.82) is 0 Å². The van der Waals surface area contributed by atoms with Gasteiger partial charge in [-0.3, -0.25) is 9.59 Å². The normalized spacial score (nSPS) is 11.0. The summed E-state index contributed by atoms with van der Waals surface area (Å²) in [4.78, 5) is 24.2. The third kappa shape index (κ3) is 4.32. The van der Waals surface area contributed by atoms with Crippen molar-refractivity contribution < 1.29 is 22.8 Å². The summed E-state index contributed by atoms with van der Waals surface area (Å²) in [5.41, 5.74) is 0.122. The molecule has 1 aromatic heterocycles. The third-order valence-corrected chi connectivity index (χ3v) is 3.48. The van der Waals surface area contributed by atoms with Crippen molar-refractivity contribution in [2.24, 2.45) is 0 Å². The zero-order chi connectivity index (χ0) is 16.2.